The SMILES string of the molecule is COC(=O)[C@@](C)(N)CSCCN=C(C)N.Cl.Cl. The predicted octanol–water partition coefficient (Wildman–Crippen LogP) is 0.831. The van der Waals surface area contributed by atoms with E-state index in [0.717, 1.165) is 5.75 Å². The van der Waals surface area contributed by atoms with Crippen LogP contribution in [0, 0.1) is 0 Å². The summed E-state index contributed by atoms with van der Waals surface area (Å²) in [7, 11) is 1.33. The molecule has 0 spiro atoms. The van der Waals surface area contributed by atoms with Crippen LogP contribution in [0.15, 0.2) is 4.99 Å². The molecule has 0 aliphatic heterocycles. The summed E-state index contributed by atoms with van der Waals surface area (Å²) >= 11 is 1.56. The van der Waals surface area contributed by atoms with E-state index in [1.165, 1.54) is 7.11 Å². The van der Waals surface area contributed by atoms with Crippen molar-refractivity contribution in [2.75, 3.05) is 25.2 Å². The molecule has 0 aliphatic rings. The van der Waals surface area contributed by atoms with Crippen LogP contribution in [0.2, 0.25) is 0 Å². The molecule has 0 amide bonds. The summed E-state index contributed by atoms with van der Waals surface area (Å²) in [6.07, 6.45) is 0. The summed E-state index contributed by atoms with van der Waals surface area (Å²) in [5.74, 6) is 1.48. The molecular weight excluding hydrogens is 285 g/mol. The van der Waals surface area contributed by atoms with Crippen molar-refractivity contribution in [3.8, 4) is 0 Å². The molecule has 5 nitrogen and oxygen atoms in total. The van der Waals surface area contributed by atoms with Gasteiger partial charge in [-0.15, -0.1) is 24.8 Å². The molecule has 0 unspecified atom stereocenters. The Morgan fingerprint density at radius 1 is 1.47 bits per heavy atom. The molecule has 0 aromatic rings. The van der Waals surface area contributed by atoms with Crippen molar-refractivity contribution in [3.63, 3.8) is 0 Å². The molecule has 1 atom stereocenters. The Bertz CT molecular complexity index is 246. The highest BCUT2D eigenvalue weighted by Gasteiger charge is 2.28. The molecular formula is C9H21Cl2N3O2S. The lowest BCUT2D eigenvalue weighted by Crippen LogP contribution is -2.48. The molecule has 4 N–H and O–H groups in total. The molecule has 0 saturated carbocycles. The lowest BCUT2D eigenvalue weighted by atomic mass is 10.1. The Balaban J connectivity index is -0.000000980. The molecule has 8 heteroatoms. The van der Waals surface area contributed by atoms with Gasteiger partial charge in [-0.2, -0.15) is 11.8 Å². The first-order valence-corrected chi connectivity index (χ1v) is 5.77. The van der Waals surface area contributed by atoms with Crippen molar-refractivity contribution in [2.24, 2.45) is 16.5 Å². The van der Waals surface area contributed by atoms with Crippen LogP contribution in [0.3, 0.4) is 0 Å². The van der Waals surface area contributed by atoms with Gasteiger partial charge in [0.15, 0.2) is 0 Å². The van der Waals surface area contributed by atoms with Gasteiger partial charge < -0.3 is 16.2 Å². The average molecular weight is 306 g/mol. The Morgan fingerprint density at radius 3 is 2.41 bits per heavy atom. The molecule has 0 radical (unpaired) electrons. The fourth-order valence-electron chi connectivity index (χ4n) is 0.863. The van der Waals surface area contributed by atoms with E-state index in [4.69, 9.17) is 11.5 Å². The number of nitrogens with zero attached hydrogens (tertiary/aromatic N) is 1. The molecule has 0 heterocycles. The Labute approximate surface area is 119 Å². The minimum absolute atomic E-state index is 0. The highest BCUT2D eigenvalue weighted by molar-refractivity contribution is 7.99. The van der Waals surface area contributed by atoms with Crippen molar-refractivity contribution >= 4 is 48.4 Å². The van der Waals surface area contributed by atoms with Gasteiger partial charge in [0.05, 0.1) is 12.9 Å². The minimum Gasteiger partial charge on any atom is -0.468 e. The molecule has 0 bridgehead atoms. The number of halogens is 2. The minimum atomic E-state index is -0.930. The molecule has 17 heavy (non-hydrogen) atoms. The van der Waals surface area contributed by atoms with Gasteiger partial charge in [0, 0.05) is 18.1 Å². The largest absolute Gasteiger partial charge is 0.468 e. The maximum Gasteiger partial charge on any atom is 0.326 e. The summed E-state index contributed by atoms with van der Waals surface area (Å²) in [5.41, 5.74) is 10.2. The smallest absolute Gasteiger partial charge is 0.326 e. The van der Waals surface area contributed by atoms with Crippen LogP contribution in [0.5, 0.6) is 0 Å². The number of thioether (sulfide) groups is 1. The first kappa shape index (κ1) is 22.0. The van der Waals surface area contributed by atoms with Crippen molar-refractivity contribution in [1.29, 1.82) is 0 Å². The monoisotopic (exact) mass is 305 g/mol. The van der Waals surface area contributed by atoms with Crippen LogP contribution in [0.4, 0.5) is 0 Å². The summed E-state index contributed by atoms with van der Waals surface area (Å²) in [6, 6.07) is 0. The number of hydrogen-bond donors (Lipinski definition) is 2. The number of aliphatic imine (C=N–C) groups is 1. The highest BCUT2D eigenvalue weighted by atomic mass is 35.5. The Morgan fingerprint density at radius 2 is 2.00 bits per heavy atom. The zero-order valence-corrected chi connectivity index (χ0v) is 12.7. The standard InChI is InChI=1S/C9H19N3O2S.2ClH/c1-7(10)12-4-5-15-6-9(2,11)8(13)14-3;;/h4-6,11H2,1-3H3,(H2,10,12);2*1H/t9-;;/m0../s1. The summed E-state index contributed by atoms with van der Waals surface area (Å²) in [6.45, 7) is 4.04. The zero-order chi connectivity index (χ0) is 11.9. The van der Waals surface area contributed by atoms with Crippen LogP contribution in [-0.4, -0.2) is 42.5 Å². The third-order valence-corrected chi connectivity index (χ3v) is 2.93. The van der Waals surface area contributed by atoms with Crippen LogP contribution in [0.1, 0.15) is 13.8 Å². The third kappa shape index (κ3) is 10.7. The van der Waals surface area contributed by atoms with E-state index in [-0.39, 0.29) is 24.8 Å². The molecule has 0 aliphatic carbocycles. The average Bonchev–Trinajstić information content (AvgIpc) is 2.15. The van der Waals surface area contributed by atoms with Gasteiger partial charge in [-0.1, -0.05) is 0 Å². The highest BCUT2D eigenvalue weighted by Crippen LogP contribution is 2.11. The molecule has 0 aromatic carbocycles. The molecule has 104 valence electrons. The van der Waals surface area contributed by atoms with Crippen LogP contribution in [-0.2, 0) is 9.53 Å². The number of ether oxygens (including phenoxy) is 1. The van der Waals surface area contributed by atoms with E-state index >= 15 is 0 Å². The number of carbonyl (C=O) groups excluding carboxylic acids is 1. The maximum absolute atomic E-state index is 11.2. The van der Waals surface area contributed by atoms with Crippen LogP contribution in [0.25, 0.3) is 0 Å². The van der Waals surface area contributed by atoms with E-state index in [1.54, 1.807) is 25.6 Å². The summed E-state index contributed by atoms with van der Waals surface area (Å²) in [4.78, 5) is 15.2. The van der Waals surface area contributed by atoms with Gasteiger partial charge in [0.2, 0.25) is 0 Å². The third-order valence-electron chi connectivity index (χ3n) is 1.65. The number of carbonyl (C=O) groups is 1. The lowest BCUT2D eigenvalue weighted by Gasteiger charge is -2.20. The van der Waals surface area contributed by atoms with Gasteiger partial charge >= 0.3 is 5.97 Å². The molecule has 0 rings (SSSR count). The molecule has 0 aromatic heterocycles. The van der Waals surface area contributed by atoms with E-state index in [9.17, 15) is 4.79 Å². The number of methoxy groups -OCH3 is 1. The van der Waals surface area contributed by atoms with Crippen molar-refractivity contribution in [2.45, 2.75) is 19.4 Å². The van der Waals surface area contributed by atoms with Crippen molar-refractivity contribution < 1.29 is 9.53 Å². The first-order chi connectivity index (χ1) is 6.90. The van der Waals surface area contributed by atoms with Crippen molar-refractivity contribution in [3.05, 3.63) is 0 Å². The fraction of sp³-hybridized carbons (Fsp3) is 0.778. The number of nitrogens with two attached hydrogens (primary N) is 2. The topological polar surface area (TPSA) is 90.7 Å². The van der Waals surface area contributed by atoms with Crippen molar-refractivity contribution in [1.82, 2.24) is 0 Å². The van der Waals surface area contributed by atoms with Gasteiger partial charge in [0.25, 0.3) is 0 Å². The van der Waals surface area contributed by atoms with E-state index in [2.05, 4.69) is 9.73 Å². The summed E-state index contributed by atoms with van der Waals surface area (Å²) < 4.78 is 4.59. The number of hydrogen-bond acceptors (Lipinski definition) is 5. The van der Waals surface area contributed by atoms with Gasteiger partial charge in [0.1, 0.15) is 5.54 Å². The van der Waals surface area contributed by atoms with Crippen LogP contribution >= 0.6 is 36.6 Å². The van der Waals surface area contributed by atoms with Gasteiger partial charge in [-0.05, 0) is 13.8 Å². The first-order valence-electron chi connectivity index (χ1n) is 4.61. The van der Waals surface area contributed by atoms with E-state index in [1.807, 2.05) is 0 Å². The second-order valence-corrected chi connectivity index (χ2v) is 4.59. The second-order valence-electron chi connectivity index (χ2n) is 3.48. The molecule has 0 fully saturated rings. The van der Waals surface area contributed by atoms with Crippen LogP contribution < -0.4 is 11.5 Å². The maximum atomic E-state index is 11.2. The van der Waals surface area contributed by atoms with Gasteiger partial charge in [-0.25, -0.2) is 0 Å². The summed E-state index contributed by atoms with van der Waals surface area (Å²) in [5, 5.41) is 0. The molecule has 0 saturated heterocycles. The number of amidine groups is 1. The van der Waals surface area contributed by atoms with Gasteiger partial charge in [-0.3, -0.25) is 9.79 Å². The number of esters is 1. The normalized spacial score (nSPS) is 14.0. The predicted molar refractivity (Wildman–Crippen MR) is 78.6 cm³/mol. The fourth-order valence-corrected chi connectivity index (χ4v) is 1.77. The second kappa shape index (κ2) is 11.0. The van der Waals surface area contributed by atoms with E-state index in [0.29, 0.717) is 18.1 Å². The Kier molecular flexibility index (Phi) is 14.2. The Hall–Kier alpha value is -0.170. The lowest BCUT2D eigenvalue weighted by molar-refractivity contribution is -0.145. The quantitative estimate of drug-likeness (QED) is 0.328. The number of rotatable bonds is 6. The van der Waals surface area contributed by atoms with E-state index < -0.39 is 11.5 Å². The zero-order valence-electron chi connectivity index (χ0n) is 10.3.